The minimum atomic E-state index is -0.498. The average Bonchev–Trinajstić information content (AvgIpc) is 2.56. The van der Waals surface area contributed by atoms with Crippen molar-refractivity contribution in [3.63, 3.8) is 0 Å². The fourth-order valence-electron chi connectivity index (χ4n) is 3.41. The van der Waals surface area contributed by atoms with Crippen molar-refractivity contribution in [2.45, 2.75) is 31.2 Å². The molecule has 23 heavy (non-hydrogen) atoms. The van der Waals surface area contributed by atoms with Crippen LogP contribution in [-0.4, -0.2) is 32.2 Å². The summed E-state index contributed by atoms with van der Waals surface area (Å²) < 4.78 is 19.1. The van der Waals surface area contributed by atoms with E-state index in [-0.39, 0.29) is 30.0 Å². The van der Waals surface area contributed by atoms with Crippen LogP contribution in [-0.2, 0) is 15.1 Å². The van der Waals surface area contributed by atoms with Crippen LogP contribution in [0.25, 0.3) is 0 Å². The van der Waals surface area contributed by atoms with E-state index in [1.807, 2.05) is 6.07 Å². The largest absolute Gasteiger partial charge is 0.381 e. The molecule has 0 saturated carbocycles. The van der Waals surface area contributed by atoms with Gasteiger partial charge in [0.25, 0.3) is 0 Å². The minimum Gasteiger partial charge on any atom is -0.381 e. The Kier molecular flexibility index (Phi) is 6.39. The number of halogens is 2. The van der Waals surface area contributed by atoms with Gasteiger partial charge in [0.05, 0.1) is 5.54 Å². The molecule has 4 nitrogen and oxygen atoms in total. The van der Waals surface area contributed by atoms with Crippen molar-refractivity contribution in [3.8, 4) is 0 Å². The summed E-state index contributed by atoms with van der Waals surface area (Å²) in [5.41, 5.74) is 0.348. The summed E-state index contributed by atoms with van der Waals surface area (Å²) in [6, 6.07) is 6.58. The molecule has 6 heteroatoms. The van der Waals surface area contributed by atoms with Crippen LogP contribution >= 0.6 is 12.4 Å². The van der Waals surface area contributed by atoms with E-state index in [1.54, 1.807) is 6.07 Å². The molecule has 2 saturated heterocycles. The molecule has 0 aliphatic carbocycles. The summed E-state index contributed by atoms with van der Waals surface area (Å²) in [7, 11) is 0. The Morgan fingerprint density at radius 2 is 1.96 bits per heavy atom. The van der Waals surface area contributed by atoms with Crippen molar-refractivity contribution in [3.05, 3.63) is 35.6 Å². The molecule has 0 atom stereocenters. The topological polar surface area (TPSA) is 50.4 Å². The van der Waals surface area contributed by atoms with Crippen molar-refractivity contribution in [2.75, 3.05) is 26.3 Å². The van der Waals surface area contributed by atoms with Gasteiger partial charge in [-0.1, -0.05) is 12.1 Å². The molecule has 0 unspecified atom stereocenters. The highest BCUT2D eigenvalue weighted by molar-refractivity contribution is 5.85. The quantitative estimate of drug-likeness (QED) is 0.886. The van der Waals surface area contributed by atoms with Gasteiger partial charge in [0, 0.05) is 19.1 Å². The molecule has 1 aromatic carbocycles. The van der Waals surface area contributed by atoms with Crippen molar-refractivity contribution in [1.82, 2.24) is 10.6 Å². The van der Waals surface area contributed by atoms with Crippen molar-refractivity contribution < 1.29 is 13.9 Å². The van der Waals surface area contributed by atoms with E-state index in [0.29, 0.717) is 26.1 Å². The number of carbonyl (C=O) groups excluding carboxylic acids is 1. The van der Waals surface area contributed by atoms with E-state index >= 15 is 0 Å². The molecule has 2 heterocycles. The van der Waals surface area contributed by atoms with Gasteiger partial charge in [0.15, 0.2) is 0 Å². The minimum absolute atomic E-state index is 0. The van der Waals surface area contributed by atoms with Gasteiger partial charge in [0.2, 0.25) is 5.91 Å². The molecule has 2 N–H and O–H groups in total. The first-order valence-electron chi connectivity index (χ1n) is 8.06. The van der Waals surface area contributed by atoms with Crippen LogP contribution in [0.15, 0.2) is 24.3 Å². The molecular weight excluding hydrogens is 319 g/mol. The van der Waals surface area contributed by atoms with Gasteiger partial charge in [-0.3, -0.25) is 4.79 Å². The number of hydrogen-bond donors (Lipinski definition) is 2. The first-order valence-corrected chi connectivity index (χ1v) is 8.06. The van der Waals surface area contributed by atoms with E-state index < -0.39 is 5.54 Å². The van der Waals surface area contributed by atoms with Gasteiger partial charge >= 0.3 is 0 Å². The molecule has 0 bridgehead atoms. The van der Waals surface area contributed by atoms with E-state index in [4.69, 9.17) is 4.74 Å². The SMILES string of the molecule is Cl.O=C(NC1(c2cccc(F)c2)CCOCC1)C1CCNCC1. The molecule has 128 valence electrons. The highest BCUT2D eigenvalue weighted by Gasteiger charge is 2.37. The van der Waals surface area contributed by atoms with Gasteiger partial charge in [-0.15, -0.1) is 12.4 Å². The zero-order valence-electron chi connectivity index (χ0n) is 13.1. The monoisotopic (exact) mass is 342 g/mol. The van der Waals surface area contributed by atoms with Crippen LogP contribution in [0.5, 0.6) is 0 Å². The third-order valence-electron chi connectivity index (χ3n) is 4.80. The summed E-state index contributed by atoms with van der Waals surface area (Å²) in [6.07, 6.45) is 3.10. The Balaban J connectivity index is 0.00000192. The highest BCUT2D eigenvalue weighted by Crippen LogP contribution is 2.33. The zero-order valence-corrected chi connectivity index (χ0v) is 14.0. The number of hydrogen-bond acceptors (Lipinski definition) is 3. The molecule has 0 spiro atoms. The Morgan fingerprint density at radius 1 is 1.26 bits per heavy atom. The smallest absolute Gasteiger partial charge is 0.223 e. The fourth-order valence-corrected chi connectivity index (χ4v) is 3.41. The number of carbonyl (C=O) groups is 1. The number of piperidine rings is 1. The summed E-state index contributed by atoms with van der Waals surface area (Å²) in [5, 5.41) is 6.50. The van der Waals surface area contributed by atoms with Crippen LogP contribution in [0.4, 0.5) is 4.39 Å². The molecule has 1 aromatic rings. The standard InChI is InChI=1S/C17H23FN2O2.ClH/c18-15-3-1-2-14(12-15)17(6-10-22-11-7-17)20-16(21)13-4-8-19-9-5-13;/h1-3,12-13,19H,4-11H2,(H,20,21);1H. The number of ether oxygens (including phenoxy) is 1. The Labute approximate surface area is 142 Å². The summed E-state index contributed by atoms with van der Waals surface area (Å²) in [5.74, 6) is -0.123. The van der Waals surface area contributed by atoms with E-state index in [1.165, 1.54) is 12.1 Å². The van der Waals surface area contributed by atoms with E-state index in [2.05, 4.69) is 10.6 Å². The normalized spacial score (nSPS) is 21.3. The van der Waals surface area contributed by atoms with Crippen LogP contribution in [0.1, 0.15) is 31.2 Å². The maximum absolute atomic E-state index is 13.6. The highest BCUT2D eigenvalue weighted by atomic mass is 35.5. The van der Waals surface area contributed by atoms with Crippen LogP contribution in [0, 0.1) is 11.7 Å². The van der Waals surface area contributed by atoms with Crippen molar-refractivity contribution in [1.29, 1.82) is 0 Å². The van der Waals surface area contributed by atoms with Gasteiger partial charge in [-0.05, 0) is 56.5 Å². The lowest BCUT2D eigenvalue weighted by Crippen LogP contribution is -2.52. The predicted molar refractivity (Wildman–Crippen MR) is 89.1 cm³/mol. The van der Waals surface area contributed by atoms with E-state index in [0.717, 1.165) is 31.5 Å². The van der Waals surface area contributed by atoms with Gasteiger partial charge in [0.1, 0.15) is 5.82 Å². The maximum Gasteiger partial charge on any atom is 0.223 e. The molecule has 0 radical (unpaired) electrons. The molecule has 1 amide bonds. The molecular formula is C17H24ClFN2O2. The number of nitrogens with one attached hydrogen (secondary N) is 2. The fraction of sp³-hybridized carbons (Fsp3) is 0.588. The third kappa shape index (κ3) is 4.22. The van der Waals surface area contributed by atoms with Gasteiger partial charge in [-0.25, -0.2) is 4.39 Å². The predicted octanol–water partition coefficient (Wildman–Crippen LogP) is 2.37. The second kappa shape index (κ2) is 8.08. The van der Waals surface area contributed by atoms with Crippen LogP contribution in [0.2, 0.25) is 0 Å². The third-order valence-corrected chi connectivity index (χ3v) is 4.80. The lowest BCUT2D eigenvalue weighted by Gasteiger charge is -2.40. The van der Waals surface area contributed by atoms with Crippen LogP contribution < -0.4 is 10.6 Å². The zero-order chi connectivity index (χ0) is 15.4. The Morgan fingerprint density at radius 3 is 2.61 bits per heavy atom. The Bertz CT molecular complexity index is 529. The molecule has 2 aliphatic heterocycles. The molecule has 2 aliphatic rings. The first kappa shape index (κ1) is 18.2. The van der Waals surface area contributed by atoms with Gasteiger partial charge in [-0.2, -0.15) is 0 Å². The molecule has 2 fully saturated rings. The summed E-state index contributed by atoms with van der Waals surface area (Å²) >= 11 is 0. The first-order chi connectivity index (χ1) is 10.7. The van der Waals surface area contributed by atoms with Gasteiger partial charge < -0.3 is 15.4 Å². The van der Waals surface area contributed by atoms with E-state index in [9.17, 15) is 9.18 Å². The number of amides is 1. The number of benzene rings is 1. The lowest BCUT2D eigenvalue weighted by molar-refractivity contribution is -0.129. The van der Waals surface area contributed by atoms with Crippen LogP contribution in [0.3, 0.4) is 0 Å². The lowest BCUT2D eigenvalue weighted by atomic mass is 9.81. The molecule has 3 rings (SSSR count). The number of rotatable bonds is 3. The Hall–Kier alpha value is -1.17. The summed E-state index contributed by atoms with van der Waals surface area (Å²) in [4.78, 5) is 12.7. The van der Waals surface area contributed by atoms with Crippen molar-refractivity contribution in [2.24, 2.45) is 5.92 Å². The molecule has 0 aromatic heterocycles. The second-order valence-corrected chi connectivity index (χ2v) is 6.22. The summed E-state index contributed by atoms with van der Waals surface area (Å²) in [6.45, 7) is 2.94. The maximum atomic E-state index is 13.6. The second-order valence-electron chi connectivity index (χ2n) is 6.22. The average molecular weight is 343 g/mol. The van der Waals surface area contributed by atoms with Crippen molar-refractivity contribution >= 4 is 18.3 Å².